The lowest BCUT2D eigenvalue weighted by molar-refractivity contribution is -0.141. The summed E-state index contributed by atoms with van der Waals surface area (Å²) in [7, 11) is 0. The molecule has 154 valence electrons. The first-order valence-corrected chi connectivity index (χ1v) is 9.80. The molecule has 0 aliphatic carbocycles. The molecule has 28 heavy (non-hydrogen) atoms. The first kappa shape index (κ1) is 20.7. The molecule has 2 aromatic rings. The number of alkyl halides is 3. The van der Waals surface area contributed by atoms with Crippen molar-refractivity contribution < 1.29 is 22.7 Å². The number of aryl methyl sites for hydroxylation is 1. The van der Waals surface area contributed by atoms with Crippen LogP contribution in [-0.2, 0) is 17.8 Å². The fraction of sp³-hybridized carbons (Fsp3) is 0.588. The molecule has 0 spiro atoms. The van der Waals surface area contributed by atoms with Crippen LogP contribution in [0.15, 0.2) is 16.0 Å². The van der Waals surface area contributed by atoms with Crippen molar-refractivity contribution in [2.24, 2.45) is 0 Å². The van der Waals surface area contributed by atoms with Crippen molar-refractivity contribution in [3.05, 3.63) is 33.5 Å². The summed E-state index contributed by atoms with van der Waals surface area (Å²) in [6, 6.07) is 1.47. The standard InChI is InChI=1S/C17H21F3N4O3S/c1-10-6-13(11(2)24(10)9-17(18,19)20)14(25)8-28-16-22-21-15(26)23(16)7-12-4-3-5-27-12/h6,12H,3-5,7-9H2,1-2H3,(H,21,26)/t12-/m0/s1. The quantitative estimate of drug-likeness (QED) is 0.552. The molecule has 3 heterocycles. The predicted molar refractivity (Wildman–Crippen MR) is 96.8 cm³/mol. The van der Waals surface area contributed by atoms with Crippen LogP contribution in [0.1, 0.15) is 34.6 Å². The number of nitrogens with zero attached hydrogens (tertiary/aromatic N) is 3. The molecule has 0 saturated carbocycles. The third-order valence-electron chi connectivity index (χ3n) is 4.68. The molecule has 11 heteroatoms. The highest BCUT2D eigenvalue weighted by Gasteiger charge is 2.30. The van der Waals surface area contributed by atoms with Gasteiger partial charge in [-0.25, -0.2) is 9.89 Å². The summed E-state index contributed by atoms with van der Waals surface area (Å²) in [4.78, 5) is 24.5. The molecular weight excluding hydrogens is 397 g/mol. The summed E-state index contributed by atoms with van der Waals surface area (Å²) in [5.41, 5.74) is 0.518. The van der Waals surface area contributed by atoms with Gasteiger partial charge in [0.05, 0.1) is 18.4 Å². The van der Waals surface area contributed by atoms with Crippen LogP contribution in [0.3, 0.4) is 0 Å². The lowest BCUT2D eigenvalue weighted by Crippen LogP contribution is -2.25. The van der Waals surface area contributed by atoms with Crippen LogP contribution in [0.4, 0.5) is 13.2 Å². The van der Waals surface area contributed by atoms with E-state index in [4.69, 9.17) is 4.74 Å². The van der Waals surface area contributed by atoms with E-state index in [-0.39, 0.29) is 34.6 Å². The van der Waals surface area contributed by atoms with Crippen molar-refractivity contribution in [1.82, 2.24) is 19.3 Å². The van der Waals surface area contributed by atoms with Gasteiger partial charge < -0.3 is 9.30 Å². The molecule has 0 unspecified atom stereocenters. The van der Waals surface area contributed by atoms with E-state index in [1.165, 1.54) is 24.5 Å². The number of aromatic nitrogens is 4. The molecular formula is C17H21F3N4O3S. The van der Waals surface area contributed by atoms with Gasteiger partial charge in [0.15, 0.2) is 10.9 Å². The molecule has 7 nitrogen and oxygen atoms in total. The number of nitrogens with one attached hydrogen (secondary N) is 1. The number of carbonyl (C=O) groups excluding carboxylic acids is 1. The number of aromatic amines is 1. The van der Waals surface area contributed by atoms with E-state index >= 15 is 0 Å². The Morgan fingerprint density at radius 3 is 2.79 bits per heavy atom. The lowest BCUT2D eigenvalue weighted by Gasteiger charge is -2.12. The maximum atomic E-state index is 12.7. The maximum Gasteiger partial charge on any atom is 0.406 e. The average molecular weight is 418 g/mol. The highest BCUT2D eigenvalue weighted by Crippen LogP contribution is 2.25. The maximum absolute atomic E-state index is 12.7. The van der Waals surface area contributed by atoms with E-state index in [1.807, 2.05) is 0 Å². The Balaban J connectivity index is 1.70. The van der Waals surface area contributed by atoms with E-state index in [2.05, 4.69) is 10.2 Å². The molecule has 1 saturated heterocycles. The van der Waals surface area contributed by atoms with Crippen LogP contribution in [-0.4, -0.2) is 49.8 Å². The Morgan fingerprint density at radius 2 is 2.14 bits per heavy atom. The fourth-order valence-electron chi connectivity index (χ4n) is 3.28. The van der Waals surface area contributed by atoms with Gasteiger partial charge in [0.1, 0.15) is 6.54 Å². The van der Waals surface area contributed by atoms with Gasteiger partial charge in [-0.1, -0.05) is 11.8 Å². The van der Waals surface area contributed by atoms with Crippen LogP contribution in [0.25, 0.3) is 0 Å². The second-order valence-corrected chi connectivity index (χ2v) is 7.70. The Bertz CT molecular complexity index is 910. The number of Topliss-reactive ketones (excluding diaryl/α,β-unsaturated/α-hetero) is 1. The van der Waals surface area contributed by atoms with Crippen molar-refractivity contribution in [1.29, 1.82) is 0 Å². The highest BCUT2D eigenvalue weighted by atomic mass is 32.2. The number of rotatable bonds is 7. The predicted octanol–water partition coefficient (Wildman–Crippen LogP) is 2.71. The first-order chi connectivity index (χ1) is 13.2. The Morgan fingerprint density at radius 1 is 1.39 bits per heavy atom. The van der Waals surface area contributed by atoms with Gasteiger partial charge in [-0.15, -0.1) is 5.10 Å². The monoisotopic (exact) mass is 418 g/mol. The van der Waals surface area contributed by atoms with Gasteiger partial charge in [-0.3, -0.25) is 9.36 Å². The number of hydrogen-bond acceptors (Lipinski definition) is 5. The molecule has 1 aliphatic rings. The number of thioether (sulfide) groups is 1. The number of halogens is 3. The zero-order chi connectivity index (χ0) is 20.5. The molecule has 1 atom stereocenters. The Hall–Kier alpha value is -2.01. The minimum absolute atomic E-state index is 0.0356. The van der Waals surface area contributed by atoms with Crippen molar-refractivity contribution in [3.8, 4) is 0 Å². The van der Waals surface area contributed by atoms with Crippen molar-refractivity contribution in [2.75, 3.05) is 12.4 Å². The van der Waals surface area contributed by atoms with Crippen LogP contribution < -0.4 is 5.69 Å². The second kappa shape index (κ2) is 8.16. The third-order valence-corrected chi connectivity index (χ3v) is 5.65. The van der Waals surface area contributed by atoms with Gasteiger partial charge in [-0.05, 0) is 32.8 Å². The fourth-order valence-corrected chi connectivity index (χ4v) is 4.12. The second-order valence-electron chi connectivity index (χ2n) is 6.75. The minimum Gasteiger partial charge on any atom is -0.376 e. The number of hydrogen-bond donors (Lipinski definition) is 1. The van der Waals surface area contributed by atoms with Crippen molar-refractivity contribution in [3.63, 3.8) is 0 Å². The highest BCUT2D eigenvalue weighted by molar-refractivity contribution is 7.99. The summed E-state index contributed by atoms with van der Waals surface area (Å²) < 4.78 is 46.2. The third kappa shape index (κ3) is 4.69. The van der Waals surface area contributed by atoms with E-state index in [9.17, 15) is 22.8 Å². The van der Waals surface area contributed by atoms with Crippen LogP contribution in [0.5, 0.6) is 0 Å². The van der Waals surface area contributed by atoms with E-state index in [1.54, 1.807) is 0 Å². The number of ether oxygens (including phenoxy) is 1. The van der Waals surface area contributed by atoms with Gasteiger partial charge in [0, 0.05) is 23.6 Å². The molecule has 1 aliphatic heterocycles. The summed E-state index contributed by atoms with van der Waals surface area (Å²) in [6.07, 6.45) is -2.64. The van der Waals surface area contributed by atoms with Gasteiger partial charge in [0.25, 0.3) is 0 Å². The van der Waals surface area contributed by atoms with Crippen LogP contribution >= 0.6 is 11.8 Å². The molecule has 0 amide bonds. The van der Waals surface area contributed by atoms with E-state index < -0.39 is 12.7 Å². The SMILES string of the molecule is Cc1cc(C(=O)CSc2n[nH]c(=O)n2C[C@@H]2CCCO2)c(C)n1CC(F)(F)F. The van der Waals surface area contributed by atoms with E-state index in [0.29, 0.717) is 24.0 Å². The van der Waals surface area contributed by atoms with Gasteiger partial charge in [-0.2, -0.15) is 13.2 Å². The molecule has 0 aromatic carbocycles. The van der Waals surface area contributed by atoms with Crippen molar-refractivity contribution >= 4 is 17.5 Å². The lowest BCUT2D eigenvalue weighted by atomic mass is 10.2. The minimum atomic E-state index is -4.36. The zero-order valence-corrected chi connectivity index (χ0v) is 16.3. The topological polar surface area (TPSA) is 81.9 Å². The van der Waals surface area contributed by atoms with Crippen molar-refractivity contribution in [2.45, 2.75) is 57.2 Å². The molecule has 0 bridgehead atoms. The largest absolute Gasteiger partial charge is 0.406 e. The summed E-state index contributed by atoms with van der Waals surface area (Å²) in [6.45, 7) is 2.91. The first-order valence-electron chi connectivity index (χ1n) is 8.82. The zero-order valence-electron chi connectivity index (χ0n) is 15.5. The number of H-pyrrole nitrogens is 1. The van der Waals surface area contributed by atoms with Gasteiger partial charge >= 0.3 is 11.9 Å². The van der Waals surface area contributed by atoms with Gasteiger partial charge in [0.2, 0.25) is 0 Å². The molecule has 1 N–H and O–H groups in total. The van der Waals surface area contributed by atoms with Crippen LogP contribution in [0.2, 0.25) is 0 Å². The number of ketones is 1. The Kier molecular flexibility index (Phi) is 6.04. The summed E-state index contributed by atoms with van der Waals surface area (Å²) >= 11 is 1.08. The summed E-state index contributed by atoms with van der Waals surface area (Å²) in [5, 5.41) is 6.67. The molecule has 2 aromatic heterocycles. The average Bonchev–Trinajstić information content (AvgIpc) is 3.31. The van der Waals surface area contributed by atoms with E-state index in [0.717, 1.165) is 29.2 Å². The molecule has 3 rings (SSSR count). The molecule has 1 fully saturated rings. The normalized spacial score (nSPS) is 17.4. The van der Waals surface area contributed by atoms with Crippen LogP contribution in [0, 0.1) is 13.8 Å². The smallest absolute Gasteiger partial charge is 0.376 e. The Labute approximate surface area is 163 Å². The summed E-state index contributed by atoms with van der Waals surface area (Å²) in [5.74, 6) is -0.350. The molecule has 0 radical (unpaired) electrons. The number of carbonyl (C=O) groups is 1.